The lowest BCUT2D eigenvalue weighted by Crippen LogP contribution is -2.02. The third-order valence-corrected chi connectivity index (χ3v) is 2.93. The number of allylic oxidation sites excluding steroid dienone is 1. The summed E-state index contributed by atoms with van der Waals surface area (Å²) in [5.74, 6) is -0.133. The largest absolute Gasteiger partial charge is 0.383 e. The van der Waals surface area contributed by atoms with E-state index in [4.69, 9.17) is 23.2 Å². The molecule has 0 aliphatic heterocycles. The summed E-state index contributed by atoms with van der Waals surface area (Å²) in [7, 11) is 3.68. The summed E-state index contributed by atoms with van der Waals surface area (Å²) in [6.45, 7) is 0. The first-order chi connectivity index (χ1) is 6.50. The van der Waals surface area contributed by atoms with Crippen LogP contribution in [0.4, 0.5) is 0 Å². The zero-order valence-corrected chi connectivity index (χ0v) is 10.1. The van der Waals surface area contributed by atoms with E-state index in [1.54, 1.807) is 17.2 Å². The standard InChI is InChI=1S/C9H9Cl2NOS/c1-12(2)4-3-7(13)6-5-8(10)14-9(6)11/h3-5H,1-2H3. The molecule has 1 aromatic heterocycles. The minimum Gasteiger partial charge on any atom is -0.383 e. The molecule has 0 aliphatic carbocycles. The average Bonchev–Trinajstić information content (AvgIpc) is 2.41. The molecule has 0 saturated carbocycles. The van der Waals surface area contributed by atoms with Crippen LogP contribution >= 0.6 is 34.5 Å². The van der Waals surface area contributed by atoms with Crippen LogP contribution in [0.25, 0.3) is 0 Å². The Morgan fingerprint density at radius 3 is 2.57 bits per heavy atom. The van der Waals surface area contributed by atoms with Gasteiger partial charge in [-0.15, -0.1) is 11.3 Å². The molecule has 0 radical (unpaired) electrons. The number of ketones is 1. The summed E-state index contributed by atoms with van der Waals surface area (Å²) in [5, 5.41) is 0. The van der Waals surface area contributed by atoms with Gasteiger partial charge in [0.1, 0.15) is 4.34 Å². The number of halogens is 2. The molecule has 0 saturated heterocycles. The van der Waals surface area contributed by atoms with Crippen molar-refractivity contribution in [3.8, 4) is 0 Å². The number of nitrogens with zero attached hydrogens (tertiary/aromatic N) is 1. The molecule has 5 heteroatoms. The first-order valence-corrected chi connectivity index (χ1v) is 5.41. The minimum absolute atomic E-state index is 0.133. The van der Waals surface area contributed by atoms with Crippen molar-refractivity contribution in [1.82, 2.24) is 4.90 Å². The quantitative estimate of drug-likeness (QED) is 0.606. The fraction of sp³-hybridized carbons (Fsp3) is 0.222. The summed E-state index contributed by atoms with van der Waals surface area (Å²) in [6, 6.07) is 1.58. The van der Waals surface area contributed by atoms with Crippen LogP contribution in [-0.2, 0) is 0 Å². The summed E-state index contributed by atoms with van der Waals surface area (Å²) < 4.78 is 0.958. The first kappa shape index (κ1) is 11.6. The predicted octanol–water partition coefficient (Wildman–Crippen LogP) is 3.31. The van der Waals surface area contributed by atoms with Gasteiger partial charge in [0, 0.05) is 26.4 Å². The molecule has 1 rings (SSSR count). The van der Waals surface area contributed by atoms with Crippen molar-refractivity contribution in [2.45, 2.75) is 0 Å². The number of rotatable bonds is 3. The number of hydrogen-bond donors (Lipinski definition) is 0. The fourth-order valence-corrected chi connectivity index (χ4v) is 2.29. The highest BCUT2D eigenvalue weighted by Crippen LogP contribution is 2.31. The summed E-state index contributed by atoms with van der Waals surface area (Å²) in [4.78, 5) is 13.3. The Bertz CT molecular complexity index is 371. The molecule has 0 bridgehead atoms. The smallest absolute Gasteiger partial charge is 0.189 e. The Morgan fingerprint density at radius 1 is 1.50 bits per heavy atom. The van der Waals surface area contributed by atoms with E-state index in [0.29, 0.717) is 14.2 Å². The van der Waals surface area contributed by atoms with E-state index >= 15 is 0 Å². The molecule has 0 aliphatic rings. The Hall–Kier alpha value is -0.510. The van der Waals surface area contributed by atoms with Gasteiger partial charge in [0.2, 0.25) is 0 Å². The molecule has 0 N–H and O–H groups in total. The van der Waals surface area contributed by atoms with Crippen LogP contribution < -0.4 is 0 Å². The van der Waals surface area contributed by atoms with Gasteiger partial charge in [0.25, 0.3) is 0 Å². The van der Waals surface area contributed by atoms with E-state index in [2.05, 4.69) is 0 Å². The lowest BCUT2D eigenvalue weighted by Gasteiger charge is -2.01. The Morgan fingerprint density at radius 2 is 2.14 bits per heavy atom. The Labute approximate surface area is 96.7 Å². The molecular formula is C9H9Cl2NOS. The molecule has 0 amide bonds. The highest BCUT2D eigenvalue weighted by atomic mass is 35.5. The molecule has 1 heterocycles. The van der Waals surface area contributed by atoms with E-state index in [1.165, 1.54) is 17.4 Å². The summed E-state index contributed by atoms with van der Waals surface area (Å²) in [6.07, 6.45) is 3.13. The summed E-state index contributed by atoms with van der Waals surface area (Å²) in [5.41, 5.74) is 0.458. The second-order valence-electron chi connectivity index (χ2n) is 2.88. The third-order valence-electron chi connectivity index (χ3n) is 1.45. The topological polar surface area (TPSA) is 20.3 Å². The molecular weight excluding hydrogens is 241 g/mol. The molecule has 0 atom stereocenters. The van der Waals surface area contributed by atoms with Crippen LogP contribution in [0.5, 0.6) is 0 Å². The van der Waals surface area contributed by atoms with Gasteiger partial charge in [0.15, 0.2) is 5.78 Å². The first-order valence-electron chi connectivity index (χ1n) is 3.84. The Kier molecular flexibility index (Phi) is 3.98. The van der Waals surface area contributed by atoms with Crippen LogP contribution in [-0.4, -0.2) is 24.8 Å². The van der Waals surface area contributed by atoms with E-state index in [1.807, 2.05) is 14.1 Å². The van der Waals surface area contributed by atoms with Gasteiger partial charge in [0.05, 0.1) is 9.90 Å². The van der Waals surface area contributed by atoms with Gasteiger partial charge in [-0.2, -0.15) is 0 Å². The van der Waals surface area contributed by atoms with Gasteiger partial charge < -0.3 is 4.90 Å². The molecule has 2 nitrogen and oxygen atoms in total. The van der Waals surface area contributed by atoms with E-state index < -0.39 is 0 Å². The van der Waals surface area contributed by atoms with Gasteiger partial charge in [-0.05, 0) is 6.07 Å². The fourth-order valence-electron chi connectivity index (χ4n) is 0.815. The van der Waals surface area contributed by atoms with E-state index in [-0.39, 0.29) is 5.78 Å². The molecule has 14 heavy (non-hydrogen) atoms. The van der Waals surface area contributed by atoms with Gasteiger partial charge >= 0.3 is 0 Å². The zero-order chi connectivity index (χ0) is 10.7. The highest BCUT2D eigenvalue weighted by Gasteiger charge is 2.11. The minimum atomic E-state index is -0.133. The maximum Gasteiger partial charge on any atom is 0.189 e. The van der Waals surface area contributed by atoms with Crippen LogP contribution in [0.3, 0.4) is 0 Å². The van der Waals surface area contributed by atoms with Crippen LogP contribution in [0.1, 0.15) is 10.4 Å². The van der Waals surface area contributed by atoms with Crippen molar-refractivity contribution in [2.24, 2.45) is 0 Å². The molecule has 0 fully saturated rings. The van der Waals surface area contributed by atoms with Crippen LogP contribution in [0, 0.1) is 0 Å². The number of carbonyl (C=O) groups excluding carboxylic acids is 1. The van der Waals surface area contributed by atoms with Crippen LogP contribution in [0.15, 0.2) is 18.3 Å². The molecule has 1 aromatic rings. The van der Waals surface area contributed by atoms with Crippen molar-refractivity contribution in [3.05, 3.63) is 32.6 Å². The lowest BCUT2D eigenvalue weighted by molar-refractivity contribution is 0.104. The van der Waals surface area contributed by atoms with Gasteiger partial charge in [-0.3, -0.25) is 4.79 Å². The zero-order valence-electron chi connectivity index (χ0n) is 7.75. The van der Waals surface area contributed by atoms with Crippen LogP contribution in [0.2, 0.25) is 8.67 Å². The molecule has 0 spiro atoms. The maximum atomic E-state index is 11.5. The van der Waals surface area contributed by atoms with Gasteiger partial charge in [-0.1, -0.05) is 23.2 Å². The normalized spacial score (nSPS) is 10.9. The summed E-state index contributed by atoms with van der Waals surface area (Å²) >= 11 is 12.7. The van der Waals surface area contributed by atoms with E-state index in [9.17, 15) is 4.79 Å². The van der Waals surface area contributed by atoms with E-state index in [0.717, 1.165) is 0 Å². The molecule has 76 valence electrons. The van der Waals surface area contributed by atoms with Crippen molar-refractivity contribution in [1.29, 1.82) is 0 Å². The monoisotopic (exact) mass is 249 g/mol. The average molecular weight is 250 g/mol. The second-order valence-corrected chi connectivity index (χ2v) is 5.17. The highest BCUT2D eigenvalue weighted by molar-refractivity contribution is 7.20. The number of carbonyl (C=O) groups is 1. The predicted molar refractivity (Wildman–Crippen MR) is 61.5 cm³/mol. The molecule has 0 aromatic carbocycles. The van der Waals surface area contributed by atoms with Crippen molar-refractivity contribution >= 4 is 40.3 Å². The third kappa shape index (κ3) is 3.01. The Balaban J connectivity index is 2.85. The number of hydrogen-bond acceptors (Lipinski definition) is 3. The van der Waals surface area contributed by atoms with Crippen molar-refractivity contribution in [2.75, 3.05) is 14.1 Å². The number of thiophene rings is 1. The van der Waals surface area contributed by atoms with Crippen molar-refractivity contribution < 1.29 is 4.79 Å². The lowest BCUT2D eigenvalue weighted by atomic mass is 10.2. The molecule has 0 unspecified atom stereocenters. The maximum absolute atomic E-state index is 11.5. The SMILES string of the molecule is CN(C)C=CC(=O)c1cc(Cl)sc1Cl. The van der Waals surface area contributed by atoms with Gasteiger partial charge in [-0.25, -0.2) is 0 Å². The van der Waals surface area contributed by atoms with Crippen molar-refractivity contribution in [3.63, 3.8) is 0 Å². The second kappa shape index (κ2) is 4.82.